The lowest BCUT2D eigenvalue weighted by Crippen LogP contribution is -2.71. The van der Waals surface area contributed by atoms with Gasteiger partial charge in [0.2, 0.25) is 11.6 Å². The van der Waals surface area contributed by atoms with Gasteiger partial charge in [0.1, 0.15) is 56.2 Å². The van der Waals surface area contributed by atoms with E-state index in [1.165, 1.54) is 24.7 Å². The maximum absolute atomic E-state index is 14.4. The lowest BCUT2D eigenvalue weighted by atomic mass is 10.0. The average Bonchev–Trinajstić information content (AvgIpc) is 3.89. The fourth-order valence-electron chi connectivity index (χ4n) is 7.35. The fraction of sp³-hybridized carbons (Fsp3) is 0.468. The van der Waals surface area contributed by atoms with Crippen LogP contribution in [0.2, 0.25) is 4.34 Å². The van der Waals surface area contributed by atoms with E-state index in [9.17, 15) is 28.8 Å². The van der Waals surface area contributed by atoms with Gasteiger partial charge < -0.3 is 43.2 Å². The van der Waals surface area contributed by atoms with E-state index in [0.29, 0.717) is 36.4 Å². The highest BCUT2D eigenvalue weighted by molar-refractivity contribution is 8.00. The third-order valence-electron chi connectivity index (χ3n) is 10.8. The molecule has 71 heavy (non-hydrogen) atoms. The van der Waals surface area contributed by atoms with Crippen LogP contribution in [0.5, 0.6) is 5.75 Å². The molecule has 3 atom stereocenters. The molecule has 1 fully saturated rings. The molecule has 3 aromatic heterocycles. The summed E-state index contributed by atoms with van der Waals surface area (Å²) in [6.45, 7) is 15.1. The Morgan fingerprint density at radius 1 is 1.04 bits per heavy atom. The van der Waals surface area contributed by atoms with Crippen molar-refractivity contribution in [2.45, 2.75) is 110 Å². The van der Waals surface area contributed by atoms with Crippen LogP contribution in [0, 0.1) is 5.92 Å². The minimum absolute atomic E-state index is 0.0365. The number of benzene rings is 1. The van der Waals surface area contributed by atoms with E-state index in [-0.39, 0.29) is 39.8 Å². The summed E-state index contributed by atoms with van der Waals surface area (Å²) in [6.07, 6.45) is 2.04. The minimum atomic E-state index is -1.25. The highest BCUT2D eigenvalue weighted by Crippen LogP contribution is 2.41. The molecule has 24 heteroatoms. The standard InChI is InChI=1S/C47H58BClN8O12S2/c1-26(2)36(42(61)68-48)69-53-33(32-37(49)71-43(51-32)52-44(62)66-46(3,4)5)38(58)50-34-39(59)57-35(41(60)65-24-27-14-16-29(64-10)17-15-27)28(25-70-40(34)57)23-56-20-11-13-30-31(56)18-22-55(30)21-12-19-54(9)45(63)67-47(6,7)8/h11,13-18,20,22,26,34,36,40H,12,19,21,23-25,48H2,1-10H3,(H-,50,51,52,58,62)/p+1/b53-33-/t34?,36-,40?/m0/s1. The van der Waals surface area contributed by atoms with E-state index in [1.807, 2.05) is 55.9 Å². The molecule has 0 spiro atoms. The third-order valence-corrected chi connectivity index (χ3v) is 13.3. The second kappa shape index (κ2) is 22.8. The number of hydrogen-bond donors (Lipinski definition) is 2. The number of fused-ring (bicyclic) bond motifs is 2. The number of β-lactam (4-membered cyclic amide) rings is 1. The Labute approximate surface area is 425 Å². The second-order valence-corrected chi connectivity index (χ2v) is 21.6. The van der Waals surface area contributed by atoms with Crippen molar-refractivity contribution >= 4 is 101 Å². The van der Waals surface area contributed by atoms with E-state index >= 15 is 0 Å². The molecule has 2 aliphatic heterocycles. The number of carbonyl (C=O) groups is 6. The van der Waals surface area contributed by atoms with Gasteiger partial charge in [-0.3, -0.25) is 19.8 Å². The Balaban J connectivity index is 1.27. The molecule has 380 valence electrons. The first-order valence-corrected chi connectivity index (χ1v) is 24.9. The first kappa shape index (κ1) is 54.0. The highest BCUT2D eigenvalue weighted by Gasteiger charge is 2.55. The van der Waals surface area contributed by atoms with Gasteiger partial charge in [-0.2, -0.15) is 4.57 Å². The molecule has 2 unspecified atom stereocenters. The van der Waals surface area contributed by atoms with E-state index in [2.05, 4.69) is 25.3 Å². The van der Waals surface area contributed by atoms with Gasteiger partial charge in [-0.05, 0) is 71.7 Å². The Morgan fingerprint density at radius 2 is 1.75 bits per heavy atom. The summed E-state index contributed by atoms with van der Waals surface area (Å²) < 4.78 is 30.9. The number of nitrogens with zero attached hydrogens (tertiary/aromatic N) is 6. The van der Waals surface area contributed by atoms with Crippen LogP contribution >= 0.6 is 34.7 Å². The van der Waals surface area contributed by atoms with Crippen molar-refractivity contribution in [3.8, 4) is 5.75 Å². The van der Waals surface area contributed by atoms with Crippen molar-refractivity contribution in [1.82, 2.24) is 24.7 Å². The van der Waals surface area contributed by atoms with E-state index in [4.69, 9.17) is 40.0 Å². The number of aromatic nitrogens is 3. The average molecular weight is 1040 g/mol. The van der Waals surface area contributed by atoms with Crippen molar-refractivity contribution in [3.63, 3.8) is 0 Å². The van der Waals surface area contributed by atoms with Gasteiger partial charge in [0, 0.05) is 55.7 Å². The van der Waals surface area contributed by atoms with Gasteiger partial charge in [-0.25, -0.2) is 24.2 Å². The van der Waals surface area contributed by atoms with Crippen LogP contribution in [0.4, 0.5) is 14.7 Å². The van der Waals surface area contributed by atoms with Crippen LogP contribution in [0.1, 0.15) is 73.1 Å². The fourth-order valence-corrected chi connectivity index (χ4v) is 9.72. The Kier molecular flexibility index (Phi) is 17.4. The van der Waals surface area contributed by atoms with Crippen molar-refractivity contribution in [2.75, 3.05) is 31.8 Å². The summed E-state index contributed by atoms with van der Waals surface area (Å²) in [4.78, 5) is 93.6. The number of halogens is 1. The summed E-state index contributed by atoms with van der Waals surface area (Å²) in [6, 6.07) is 11.7. The molecule has 5 heterocycles. The van der Waals surface area contributed by atoms with E-state index in [0.717, 1.165) is 22.4 Å². The maximum atomic E-state index is 14.4. The molecule has 2 N–H and O–H groups in total. The zero-order valence-corrected chi connectivity index (χ0v) is 43.9. The quantitative estimate of drug-likeness (QED) is 0.0236. The molecule has 1 saturated heterocycles. The van der Waals surface area contributed by atoms with Gasteiger partial charge in [0.25, 0.3) is 11.8 Å². The molecule has 0 radical (unpaired) electrons. The van der Waals surface area contributed by atoms with E-state index in [1.54, 1.807) is 77.9 Å². The molecule has 2 aliphatic rings. The largest absolute Gasteiger partial charge is 0.541 e. The molecule has 4 aromatic rings. The molecule has 1 aromatic carbocycles. The Hall–Kier alpha value is -6.33. The molecule has 0 aliphatic carbocycles. The molecule has 4 amide bonds. The number of nitrogens with one attached hydrogen (secondary N) is 2. The SMILES string of the molecule is BOC(=O)[C@@H](O/N=C(\C(=O)NC1C(=O)N2C(C(=O)OCc3ccc(OC)cc3)=C(C[n+]3cccc4c3ccn4CCCN(C)C(=O)OC(C)(C)C)CSC12)c1nc(NC(=O)OC(C)(C)C)sc1Cl)C(C)C. The van der Waals surface area contributed by atoms with Gasteiger partial charge in [0.15, 0.2) is 23.6 Å². The summed E-state index contributed by atoms with van der Waals surface area (Å²) >= 11 is 8.76. The number of rotatable bonds is 18. The number of thiazole rings is 1. The van der Waals surface area contributed by atoms with Gasteiger partial charge >= 0.3 is 32.2 Å². The van der Waals surface area contributed by atoms with Crippen LogP contribution in [0.3, 0.4) is 0 Å². The number of oxime groups is 1. The van der Waals surface area contributed by atoms with Crippen molar-refractivity contribution in [2.24, 2.45) is 11.1 Å². The lowest BCUT2D eigenvalue weighted by Gasteiger charge is -2.49. The number of amides is 4. The Bertz CT molecular complexity index is 2710. The topological polar surface area (TPSA) is 222 Å². The van der Waals surface area contributed by atoms with Crippen LogP contribution in [-0.4, -0.2) is 124 Å². The van der Waals surface area contributed by atoms with Gasteiger partial charge in [-0.15, -0.1) is 11.8 Å². The predicted octanol–water partition coefficient (Wildman–Crippen LogP) is 5.59. The molecule has 0 saturated carbocycles. The first-order chi connectivity index (χ1) is 33.5. The number of thioether (sulfide) groups is 1. The maximum Gasteiger partial charge on any atom is 0.413 e. The molecule has 20 nitrogen and oxygen atoms in total. The molecular formula is C47H59BClN8O12S2+. The zero-order chi connectivity index (χ0) is 51.9. The number of esters is 1. The number of carbonyl (C=O) groups excluding carboxylic acids is 6. The number of hydrogen-bond acceptors (Lipinski definition) is 16. The minimum Gasteiger partial charge on any atom is -0.541 e. The predicted molar refractivity (Wildman–Crippen MR) is 268 cm³/mol. The smallest absolute Gasteiger partial charge is 0.413 e. The van der Waals surface area contributed by atoms with Crippen molar-refractivity contribution < 1.29 is 61.8 Å². The van der Waals surface area contributed by atoms with Crippen molar-refractivity contribution in [3.05, 3.63) is 81.7 Å². The van der Waals surface area contributed by atoms with Crippen LogP contribution in [0.25, 0.3) is 11.0 Å². The van der Waals surface area contributed by atoms with Gasteiger partial charge in [0.05, 0.1) is 7.11 Å². The molecule has 6 rings (SSSR count). The monoisotopic (exact) mass is 1040 g/mol. The summed E-state index contributed by atoms with van der Waals surface area (Å²) in [5.41, 5.74) is 0.957. The number of aryl methyl sites for hydroxylation is 1. The summed E-state index contributed by atoms with van der Waals surface area (Å²) in [5, 5.41) is 8.45. The number of methoxy groups -OCH3 is 1. The molecule has 0 bridgehead atoms. The lowest BCUT2D eigenvalue weighted by molar-refractivity contribution is -0.663. The first-order valence-electron chi connectivity index (χ1n) is 22.7. The second-order valence-electron chi connectivity index (χ2n) is 18.9. The number of anilines is 1. The van der Waals surface area contributed by atoms with E-state index < -0.39 is 76.3 Å². The van der Waals surface area contributed by atoms with Crippen LogP contribution in [0.15, 0.2) is 71.3 Å². The molecular weight excluding hydrogens is 979 g/mol. The summed E-state index contributed by atoms with van der Waals surface area (Å²) in [7, 11) is 4.43. The summed E-state index contributed by atoms with van der Waals surface area (Å²) in [5.74, 6) is -2.62. The van der Waals surface area contributed by atoms with Crippen LogP contribution < -0.4 is 19.9 Å². The van der Waals surface area contributed by atoms with Crippen molar-refractivity contribution in [1.29, 1.82) is 0 Å². The number of ether oxygens (including phenoxy) is 4. The van der Waals surface area contributed by atoms with Gasteiger partial charge in [-0.1, -0.05) is 54.1 Å². The number of pyridine rings is 1. The zero-order valence-electron chi connectivity index (χ0n) is 41.5. The van der Waals surface area contributed by atoms with Crippen LogP contribution in [-0.2, 0) is 62.6 Å². The third kappa shape index (κ3) is 13.6. The normalized spacial score (nSPS) is 16.4. The highest BCUT2D eigenvalue weighted by atomic mass is 35.5. The Morgan fingerprint density at radius 3 is 2.39 bits per heavy atom.